The Balaban J connectivity index is 1.39. The topological polar surface area (TPSA) is 83.1 Å². The van der Waals surface area contributed by atoms with Gasteiger partial charge in [-0.05, 0) is 36.4 Å². The number of hydrogen-bond acceptors (Lipinski definition) is 6. The van der Waals surface area contributed by atoms with Crippen LogP contribution in [0.25, 0.3) is 0 Å². The molecular formula is C22H27FN4O4. The first-order valence-corrected chi connectivity index (χ1v) is 10.0. The summed E-state index contributed by atoms with van der Waals surface area (Å²) in [5.41, 5.74) is 1.44. The number of halogens is 1. The van der Waals surface area contributed by atoms with E-state index < -0.39 is 11.8 Å². The van der Waals surface area contributed by atoms with Gasteiger partial charge in [-0.2, -0.15) is 0 Å². The van der Waals surface area contributed by atoms with Crippen LogP contribution in [0.1, 0.15) is 0 Å². The number of ether oxygens (including phenoxy) is 2. The van der Waals surface area contributed by atoms with Crippen LogP contribution in [0.4, 0.5) is 15.8 Å². The van der Waals surface area contributed by atoms with Crippen molar-refractivity contribution in [2.24, 2.45) is 0 Å². The Hall–Kier alpha value is -3.33. The second-order valence-corrected chi connectivity index (χ2v) is 7.08. The predicted molar refractivity (Wildman–Crippen MR) is 116 cm³/mol. The second-order valence-electron chi connectivity index (χ2n) is 7.08. The molecule has 0 bridgehead atoms. The fraction of sp³-hybridized carbons (Fsp3) is 0.364. The highest BCUT2D eigenvalue weighted by atomic mass is 19.1. The molecule has 0 radical (unpaired) electrons. The number of anilines is 2. The minimum absolute atomic E-state index is 0.242. The summed E-state index contributed by atoms with van der Waals surface area (Å²) in [6.45, 7) is 4.30. The lowest BCUT2D eigenvalue weighted by molar-refractivity contribution is -0.136. The fourth-order valence-corrected chi connectivity index (χ4v) is 3.39. The van der Waals surface area contributed by atoms with E-state index in [0.29, 0.717) is 30.3 Å². The zero-order chi connectivity index (χ0) is 22.2. The lowest BCUT2D eigenvalue weighted by Gasteiger charge is -2.36. The van der Waals surface area contributed by atoms with Gasteiger partial charge >= 0.3 is 11.8 Å². The number of hydrogen-bond donors (Lipinski definition) is 2. The Morgan fingerprint density at radius 1 is 0.935 bits per heavy atom. The first kappa shape index (κ1) is 22.4. The van der Waals surface area contributed by atoms with Crippen LogP contribution in [0.15, 0.2) is 42.5 Å². The highest BCUT2D eigenvalue weighted by Crippen LogP contribution is 2.29. The maximum absolute atomic E-state index is 13.1. The lowest BCUT2D eigenvalue weighted by Crippen LogP contribution is -2.49. The molecule has 1 aliphatic heterocycles. The van der Waals surface area contributed by atoms with Crippen molar-refractivity contribution >= 4 is 23.2 Å². The van der Waals surface area contributed by atoms with Crippen molar-refractivity contribution in [3.8, 4) is 11.5 Å². The Bertz CT molecular complexity index is 899. The van der Waals surface area contributed by atoms with Crippen LogP contribution >= 0.6 is 0 Å². The standard InChI is InChI=1S/C22H27FN4O4/c1-30-19-8-5-17(15-20(19)31-2)25-22(29)21(28)24-9-10-26-11-13-27(14-12-26)18-6-3-16(23)4-7-18/h3-8,15H,9-14H2,1-2H3,(H,24,28)(H,25,29). The molecule has 9 heteroatoms. The van der Waals surface area contributed by atoms with Gasteiger partial charge in [-0.25, -0.2) is 4.39 Å². The van der Waals surface area contributed by atoms with Gasteiger partial charge in [0.1, 0.15) is 5.82 Å². The van der Waals surface area contributed by atoms with E-state index in [1.807, 2.05) is 0 Å². The highest BCUT2D eigenvalue weighted by molar-refractivity contribution is 6.39. The van der Waals surface area contributed by atoms with Gasteiger partial charge < -0.3 is 25.0 Å². The molecule has 1 saturated heterocycles. The molecule has 2 aromatic rings. The molecule has 3 rings (SSSR count). The van der Waals surface area contributed by atoms with Gasteiger partial charge in [-0.3, -0.25) is 14.5 Å². The number of piperazine rings is 1. The van der Waals surface area contributed by atoms with Crippen molar-refractivity contribution in [2.45, 2.75) is 0 Å². The molecule has 1 aliphatic rings. The van der Waals surface area contributed by atoms with Crippen molar-refractivity contribution in [3.05, 3.63) is 48.3 Å². The van der Waals surface area contributed by atoms with Crippen LogP contribution < -0.4 is 25.0 Å². The molecule has 2 N–H and O–H groups in total. The Labute approximate surface area is 180 Å². The first-order chi connectivity index (χ1) is 15.0. The number of amides is 2. The molecule has 0 saturated carbocycles. The number of benzene rings is 2. The highest BCUT2D eigenvalue weighted by Gasteiger charge is 2.18. The number of rotatable bonds is 7. The van der Waals surface area contributed by atoms with Gasteiger partial charge in [0.15, 0.2) is 11.5 Å². The van der Waals surface area contributed by atoms with E-state index in [0.717, 1.165) is 31.9 Å². The Kier molecular flexibility index (Phi) is 7.66. The van der Waals surface area contributed by atoms with Crippen molar-refractivity contribution in [1.29, 1.82) is 0 Å². The summed E-state index contributed by atoms with van der Waals surface area (Å²) in [4.78, 5) is 28.6. The zero-order valence-electron chi connectivity index (χ0n) is 17.7. The SMILES string of the molecule is COc1ccc(NC(=O)C(=O)NCCN2CCN(c3ccc(F)cc3)CC2)cc1OC. The zero-order valence-corrected chi connectivity index (χ0v) is 17.7. The minimum atomic E-state index is -0.742. The van der Waals surface area contributed by atoms with Crippen molar-refractivity contribution in [3.63, 3.8) is 0 Å². The molecule has 2 amide bonds. The molecule has 0 unspecified atom stereocenters. The van der Waals surface area contributed by atoms with E-state index in [1.54, 1.807) is 30.3 Å². The molecule has 0 spiro atoms. The van der Waals surface area contributed by atoms with Crippen LogP contribution in [0, 0.1) is 5.82 Å². The van der Waals surface area contributed by atoms with Gasteiger partial charge in [-0.15, -0.1) is 0 Å². The maximum Gasteiger partial charge on any atom is 0.313 e. The van der Waals surface area contributed by atoms with Gasteiger partial charge in [0.05, 0.1) is 14.2 Å². The Morgan fingerprint density at radius 2 is 1.61 bits per heavy atom. The van der Waals surface area contributed by atoms with Crippen LogP contribution in [0.5, 0.6) is 11.5 Å². The largest absolute Gasteiger partial charge is 0.493 e. The predicted octanol–water partition coefficient (Wildman–Crippen LogP) is 1.72. The van der Waals surface area contributed by atoms with Gasteiger partial charge in [0.25, 0.3) is 0 Å². The molecule has 166 valence electrons. The van der Waals surface area contributed by atoms with E-state index >= 15 is 0 Å². The number of nitrogens with one attached hydrogen (secondary N) is 2. The average molecular weight is 430 g/mol. The van der Waals surface area contributed by atoms with Crippen molar-refractivity contribution in [2.75, 3.05) is 63.7 Å². The summed E-state index contributed by atoms with van der Waals surface area (Å²) in [5, 5.41) is 5.20. The normalized spacial score (nSPS) is 14.1. The molecule has 1 heterocycles. The molecule has 31 heavy (non-hydrogen) atoms. The smallest absolute Gasteiger partial charge is 0.313 e. The summed E-state index contributed by atoms with van der Waals surface area (Å²) < 4.78 is 23.4. The average Bonchev–Trinajstić information content (AvgIpc) is 2.80. The second kappa shape index (κ2) is 10.6. The first-order valence-electron chi connectivity index (χ1n) is 10.0. The lowest BCUT2D eigenvalue weighted by atomic mass is 10.2. The van der Waals surface area contributed by atoms with Crippen molar-refractivity contribution < 1.29 is 23.5 Å². The molecular weight excluding hydrogens is 403 g/mol. The van der Waals surface area contributed by atoms with Crippen LogP contribution in [-0.4, -0.2) is 70.2 Å². The molecule has 8 nitrogen and oxygen atoms in total. The molecule has 0 atom stereocenters. The summed E-state index contributed by atoms with van der Waals surface area (Å²) >= 11 is 0. The quantitative estimate of drug-likeness (QED) is 0.651. The van der Waals surface area contributed by atoms with Gasteiger partial charge in [0, 0.05) is 56.7 Å². The third kappa shape index (κ3) is 6.08. The summed E-state index contributed by atoms with van der Waals surface area (Å²) in [7, 11) is 3.02. The van der Waals surface area contributed by atoms with Crippen molar-refractivity contribution in [1.82, 2.24) is 10.2 Å². The van der Waals surface area contributed by atoms with E-state index in [2.05, 4.69) is 20.4 Å². The molecule has 2 aromatic carbocycles. The fourth-order valence-electron chi connectivity index (χ4n) is 3.39. The van der Waals surface area contributed by atoms with Crippen LogP contribution in [-0.2, 0) is 9.59 Å². The summed E-state index contributed by atoms with van der Waals surface area (Å²) in [6, 6.07) is 11.4. The summed E-state index contributed by atoms with van der Waals surface area (Å²) in [6.07, 6.45) is 0. The Morgan fingerprint density at radius 3 is 2.26 bits per heavy atom. The molecule has 0 aliphatic carbocycles. The van der Waals surface area contributed by atoms with Gasteiger partial charge in [0.2, 0.25) is 0 Å². The number of methoxy groups -OCH3 is 2. The molecule has 1 fully saturated rings. The third-order valence-electron chi connectivity index (χ3n) is 5.13. The van der Waals surface area contributed by atoms with Gasteiger partial charge in [-0.1, -0.05) is 0 Å². The van der Waals surface area contributed by atoms with E-state index in [1.165, 1.54) is 26.4 Å². The van der Waals surface area contributed by atoms with E-state index in [4.69, 9.17) is 9.47 Å². The number of nitrogens with zero attached hydrogens (tertiary/aromatic N) is 2. The molecule has 0 aromatic heterocycles. The van der Waals surface area contributed by atoms with E-state index in [9.17, 15) is 14.0 Å². The monoisotopic (exact) mass is 430 g/mol. The summed E-state index contributed by atoms with van der Waals surface area (Å²) in [5.74, 6) is -0.689. The third-order valence-corrected chi connectivity index (χ3v) is 5.13. The number of carbonyl (C=O) groups is 2. The number of carbonyl (C=O) groups excluding carboxylic acids is 2. The maximum atomic E-state index is 13.1. The van der Waals surface area contributed by atoms with Crippen LogP contribution in [0.2, 0.25) is 0 Å². The van der Waals surface area contributed by atoms with Crippen LogP contribution in [0.3, 0.4) is 0 Å². The minimum Gasteiger partial charge on any atom is -0.493 e. The van der Waals surface area contributed by atoms with E-state index in [-0.39, 0.29) is 5.82 Å².